The molecule has 0 atom stereocenters. The number of ether oxygens (including phenoxy) is 2. The van der Waals surface area contributed by atoms with E-state index in [1.54, 1.807) is 39.0 Å². The summed E-state index contributed by atoms with van der Waals surface area (Å²) >= 11 is 0. The number of amides is 2. The molecule has 1 rings (SSSR count). The highest BCUT2D eigenvalue weighted by Gasteiger charge is 2.22. The van der Waals surface area contributed by atoms with Gasteiger partial charge in [0.15, 0.2) is 11.5 Å². The third-order valence-corrected chi connectivity index (χ3v) is 2.76. The van der Waals surface area contributed by atoms with Crippen molar-refractivity contribution in [3.8, 4) is 11.5 Å². The lowest BCUT2D eigenvalue weighted by atomic mass is 9.96. The Balaban J connectivity index is 2.80. The van der Waals surface area contributed by atoms with Crippen molar-refractivity contribution in [1.82, 2.24) is 10.9 Å². The number of benzene rings is 1. The first-order chi connectivity index (χ1) is 10.1. The molecule has 2 N–H and O–H groups in total. The molecule has 0 aliphatic carbocycles. The molecule has 0 aliphatic rings. The van der Waals surface area contributed by atoms with E-state index < -0.39 is 11.3 Å². The van der Waals surface area contributed by atoms with Crippen molar-refractivity contribution in [3.63, 3.8) is 0 Å². The summed E-state index contributed by atoms with van der Waals surface area (Å²) in [5, 5.41) is 0. The van der Waals surface area contributed by atoms with E-state index in [1.807, 2.05) is 13.8 Å². The molecule has 0 aromatic heterocycles. The second-order valence-corrected chi connectivity index (χ2v) is 6.19. The maximum absolute atomic E-state index is 12.1. The molecule has 1 aromatic rings. The Hall–Kier alpha value is -2.24. The van der Waals surface area contributed by atoms with Crippen molar-refractivity contribution in [2.45, 2.75) is 40.7 Å². The van der Waals surface area contributed by atoms with Crippen molar-refractivity contribution < 1.29 is 19.1 Å². The van der Waals surface area contributed by atoms with Gasteiger partial charge in [-0.15, -0.1) is 0 Å². The molecule has 0 fully saturated rings. The van der Waals surface area contributed by atoms with Crippen LogP contribution < -0.4 is 20.3 Å². The Morgan fingerprint density at radius 2 is 1.73 bits per heavy atom. The summed E-state index contributed by atoms with van der Waals surface area (Å²) in [5.41, 5.74) is 4.56. The van der Waals surface area contributed by atoms with Gasteiger partial charge >= 0.3 is 0 Å². The van der Waals surface area contributed by atoms with Crippen LogP contribution in [0.4, 0.5) is 0 Å². The molecule has 6 heteroatoms. The lowest BCUT2D eigenvalue weighted by Gasteiger charge is -2.18. The number of rotatable bonds is 4. The Labute approximate surface area is 131 Å². The summed E-state index contributed by atoms with van der Waals surface area (Å²) in [4.78, 5) is 23.8. The molecule has 0 aliphatic heterocycles. The summed E-state index contributed by atoms with van der Waals surface area (Å²) in [5.74, 6) is 0.329. The lowest BCUT2D eigenvalue weighted by Crippen LogP contribution is -2.46. The van der Waals surface area contributed by atoms with Crippen LogP contribution in [-0.2, 0) is 4.79 Å². The number of hydrogen-bond acceptors (Lipinski definition) is 4. The van der Waals surface area contributed by atoms with Crippen LogP contribution in [0.2, 0.25) is 0 Å². The molecule has 6 nitrogen and oxygen atoms in total. The topological polar surface area (TPSA) is 76.7 Å². The molecule has 0 radical (unpaired) electrons. The van der Waals surface area contributed by atoms with Crippen LogP contribution in [0.3, 0.4) is 0 Å². The highest BCUT2D eigenvalue weighted by molar-refractivity contribution is 5.96. The zero-order valence-electron chi connectivity index (χ0n) is 13.9. The Morgan fingerprint density at radius 3 is 2.23 bits per heavy atom. The molecular weight excluding hydrogens is 284 g/mol. The first kappa shape index (κ1) is 17.8. The molecular formula is C16H24N2O4. The van der Waals surface area contributed by atoms with Gasteiger partial charge in [-0.1, -0.05) is 20.8 Å². The molecule has 0 bridgehead atoms. The maximum atomic E-state index is 12.1. The predicted molar refractivity (Wildman–Crippen MR) is 83.8 cm³/mol. The fourth-order valence-corrected chi connectivity index (χ4v) is 1.53. The molecule has 122 valence electrons. The minimum atomic E-state index is -0.583. The van der Waals surface area contributed by atoms with Crippen molar-refractivity contribution in [2.24, 2.45) is 5.41 Å². The van der Waals surface area contributed by atoms with Gasteiger partial charge in [-0.25, -0.2) is 0 Å². The van der Waals surface area contributed by atoms with E-state index in [9.17, 15) is 9.59 Å². The number of hydrogen-bond donors (Lipinski definition) is 2. The van der Waals surface area contributed by atoms with Crippen LogP contribution in [0.1, 0.15) is 45.0 Å². The zero-order valence-corrected chi connectivity index (χ0v) is 13.9. The average molecular weight is 308 g/mol. The number of hydrazine groups is 1. The van der Waals surface area contributed by atoms with Crippen LogP contribution in [0.25, 0.3) is 0 Å². The standard InChI is InChI=1S/C16H24N2O4/c1-10(2)22-12-8-7-11(9-13(12)21-6)14(19)17-18-15(20)16(3,4)5/h7-10H,1-6H3,(H,17,19)(H,18,20). The molecule has 1 aromatic carbocycles. The van der Waals surface area contributed by atoms with Gasteiger partial charge in [0.05, 0.1) is 13.2 Å². The van der Waals surface area contributed by atoms with Crippen molar-refractivity contribution in [1.29, 1.82) is 0 Å². The lowest BCUT2D eigenvalue weighted by molar-refractivity contribution is -0.129. The van der Waals surface area contributed by atoms with E-state index >= 15 is 0 Å². The summed E-state index contributed by atoms with van der Waals surface area (Å²) < 4.78 is 10.8. The van der Waals surface area contributed by atoms with E-state index in [0.717, 1.165) is 0 Å². The van der Waals surface area contributed by atoms with E-state index in [0.29, 0.717) is 17.1 Å². The second-order valence-electron chi connectivity index (χ2n) is 6.19. The number of carbonyl (C=O) groups is 2. The van der Waals surface area contributed by atoms with Gasteiger partial charge < -0.3 is 9.47 Å². The SMILES string of the molecule is COc1cc(C(=O)NNC(=O)C(C)(C)C)ccc1OC(C)C. The highest BCUT2D eigenvalue weighted by Crippen LogP contribution is 2.28. The van der Waals surface area contributed by atoms with Gasteiger partial charge in [0.1, 0.15) is 0 Å². The quantitative estimate of drug-likeness (QED) is 0.837. The summed E-state index contributed by atoms with van der Waals surface area (Å²) in [6.07, 6.45) is -0.000324. The molecule has 0 unspecified atom stereocenters. The van der Waals surface area contributed by atoms with Crippen LogP contribution in [0, 0.1) is 5.41 Å². The normalized spacial score (nSPS) is 11.0. The van der Waals surface area contributed by atoms with Gasteiger partial charge in [0.25, 0.3) is 5.91 Å². The van der Waals surface area contributed by atoms with Crippen molar-refractivity contribution in [2.75, 3.05) is 7.11 Å². The average Bonchev–Trinajstić information content (AvgIpc) is 2.43. The molecule has 0 heterocycles. The Kier molecular flexibility index (Phi) is 5.79. The fourth-order valence-electron chi connectivity index (χ4n) is 1.53. The molecule has 22 heavy (non-hydrogen) atoms. The van der Waals surface area contributed by atoms with Crippen molar-refractivity contribution in [3.05, 3.63) is 23.8 Å². The third-order valence-electron chi connectivity index (χ3n) is 2.76. The van der Waals surface area contributed by atoms with Gasteiger partial charge in [-0.05, 0) is 32.0 Å². The van der Waals surface area contributed by atoms with Gasteiger partial charge in [-0.3, -0.25) is 20.4 Å². The van der Waals surface area contributed by atoms with E-state index in [-0.39, 0.29) is 12.0 Å². The van der Waals surface area contributed by atoms with Crippen LogP contribution in [0.5, 0.6) is 11.5 Å². The van der Waals surface area contributed by atoms with Gasteiger partial charge in [-0.2, -0.15) is 0 Å². The summed E-state index contributed by atoms with van der Waals surface area (Å²) in [6, 6.07) is 4.84. The monoisotopic (exact) mass is 308 g/mol. The van der Waals surface area contributed by atoms with Gasteiger partial charge in [0.2, 0.25) is 5.91 Å². The first-order valence-corrected chi connectivity index (χ1v) is 7.10. The minimum absolute atomic E-state index is 0.000324. The maximum Gasteiger partial charge on any atom is 0.269 e. The first-order valence-electron chi connectivity index (χ1n) is 7.10. The molecule has 0 saturated carbocycles. The Bertz CT molecular complexity index is 548. The summed E-state index contributed by atoms with van der Waals surface area (Å²) in [7, 11) is 1.51. The third kappa shape index (κ3) is 4.95. The largest absolute Gasteiger partial charge is 0.493 e. The fraction of sp³-hybridized carbons (Fsp3) is 0.500. The molecule has 0 spiro atoms. The van der Waals surface area contributed by atoms with E-state index in [2.05, 4.69) is 10.9 Å². The molecule has 0 saturated heterocycles. The number of methoxy groups -OCH3 is 1. The Morgan fingerprint density at radius 1 is 1.09 bits per heavy atom. The smallest absolute Gasteiger partial charge is 0.269 e. The van der Waals surface area contributed by atoms with Crippen LogP contribution in [-0.4, -0.2) is 25.0 Å². The van der Waals surface area contributed by atoms with E-state index in [4.69, 9.17) is 9.47 Å². The molecule has 2 amide bonds. The number of carbonyl (C=O) groups excluding carboxylic acids is 2. The second kappa shape index (κ2) is 7.15. The zero-order chi connectivity index (χ0) is 16.9. The van der Waals surface area contributed by atoms with E-state index in [1.165, 1.54) is 7.11 Å². The van der Waals surface area contributed by atoms with Crippen LogP contribution >= 0.6 is 0 Å². The van der Waals surface area contributed by atoms with Crippen molar-refractivity contribution >= 4 is 11.8 Å². The van der Waals surface area contributed by atoms with Gasteiger partial charge in [0, 0.05) is 11.0 Å². The van der Waals surface area contributed by atoms with Crippen LogP contribution in [0.15, 0.2) is 18.2 Å². The highest BCUT2D eigenvalue weighted by atomic mass is 16.5. The predicted octanol–water partition coefficient (Wildman–Crippen LogP) is 2.29. The minimum Gasteiger partial charge on any atom is -0.493 e. The summed E-state index contributed by atoms with van der Waals surface area (Å²) in [6.45, 7) is 9.09. The number of nitrogens with one attached hydrogen (secondary N) is 2.